The van der Waals surface area contributed by atoms with Crippen molar-refractivity contribution in [3.8, 4) is 0 Å². The summed E-state index contributed by atoms with van der Waals surface area (Å²) >= 11 is 0. The molecular weight excluding hydrogens is 264 g/mol. The summed E-state index contributed by atoms with van der Waals surface area (Å²) in [6.45, 7) is 4.10. The maximum absolute atomic E-state index is 12.0. The standard InChI is InChI=1S/C17H26N2O2/c1-12-7-6-10-15(12)19-17(21)18-13(2)11-16(20)14-8-4-3-5-9-14/h3-5,8-9,12-13,15-16,20H,6-7,10-11H2,1-2H3,(H2,18,19,21). The summed E-state index contributed by atoms with van der Waals surface area (Å²) in [7, 11) is 0. The Balaban J connectivity index is 1.76. The van der Waals surface area contributed by atoms with E-state index >= 15 is 0 Å². The van der Waals surface area contributed by atoms with Crippen LogP contribution in [0, 0.1) is 5.92 Å². The van der Waals surface area contributed by atoms with Crippen LogP contribution in [0.5, 0.6) is 0 Å². The minimum Gasteiger partial charge on any atom is -0.388 e. The van der Waals surface area contributed by atoms with Crippen LogP contribution in [0.25, 0.3) is 0 Å². The van der Waals surface area contributed by atoms with E-state index in [0.717, 1.165) is 12.0 Å². The fourth-order valence-electron chi connectivity index (χ4n) is 3.00. The molecule has 4 atom stereocenters. The van der Waals surface area contributed by atoms with Crippen LogP contribution in [-0.4, -0.2) is 23.2 Å². The van der Waals surface area contributed by atoms with Crippen molar-refractivity contribution >= 4 is 6.03 Å². The molecule has 4 heteroatoms. The lowest BCUT2D eigenvalue weighted by atomic mass is 10.0. The second-order valence-electron chi connectivity index (χ2n) is 6.20. The van der Waals surface area contributed by atoms with Crippen molar-refractivity contribution in [2.75, 3.05) is 0 Å². The van der Waals surface area contributed by atoms with Gasteiger partial charge in [0.1, 0.15) is 0 Å². The average molecular weight is 290 g/mol. The summed E-state index contributed by atoms with van der Waals surface area (Å²) in [5.74, 6) is 0.556. The highest BCUT2D eigenvalue weighted by Crippen LogP contribution is 2.24. The van der Waals surface area contributed by atoms with E-state index in [9.17, 15) is 9.90 Å². The Labute approximate surface area is 126 Å². The molecule has 0 aliphatic heterocycles. The van der Waals surface area contributed by atoms with Crippen LogP contribution in [0.2, 0.25) is 0 Å². The smallest absolute Gasteiger partial charge is 0.315 e. The van der Waals surface area contributed by atoms with Gasteiger partial charge < -0.3 is 15.7 Å². The first-order valence-corrected chi connectivity index (χ1v) is 7.86. The van der Waals surface area contributed by atoms with Crippen molar-refractivity contribution in [2.24, 2.45) is 5.92 Å². The third-order valence-electron chi connectivity index (χ3n) is 4.32. The molecule has 4 nitrogen and oxygen atoms in total. The SMILES string of the molecule is CC(CC(O)c1ccccc1)NC(=O)NC1CCCC1C. The van der Waals surface area contributed by atoms with Gasteiger partial charge in [0, 0.05) is 12.1 Å². The van der Waals surface area contributed by atoms with E-state index in [1.54, 1.807) is 0 Å². The molecule has 1 aliphatic rings. The van der Waals surface area contributed by atoms with Crippen molar-refractivity contribution in [3.63, 3.8) is 0 Å². The normalized spacial score (nSPS) is 24.3. The summed E-state index contributed by atoms with van der Waals surface area (Å²) in [6, 6.07) is 9.63. The minimum atomic E-state index is -0.549. The third kappa shape index (κ3) is 4.74. The molecule has 0 saturated heterocycles. The molecule has 1 aliphatic carbocycles. The lowest BCUT2D eigenvalue weighted by Gasteiger charge is -2.22. The summed E-state index contributed by atoms with van der Waals surface area (Å²) in [6.07, 6.45) is 3.40. The molecule has 21 heavy (non-hydrogen) atoms. The van der Waals surface area contributed by atoms with E-state index in [4.69, 9.17) is 0 Å². The number of aliphatic hydroxyl groups is 1. The number of hydrogen-bond acceptors (Lipinski definition) is 2. The molecule has 0 radical (unpaired) electrons. The van der Waals surface area contributed by atoms with E-state index in [-0.39, 0.29) is 18.1 Å². The molecule has 1 saturated carbocycles. The van der Waals surface area contributed by atoms with Crippen molar-refractivity contribution < 1.29 is 9.90 Å². The van der Waals surface area contributed by atoms with Gasteiger partial charge in [-0.2, -0.15) is 0 Å². The van der Waals surface area contributed by atoms with Crippen LogP contribution in [0.3, 0.4) is 0 Å². The maximum Gasteiger partial charge on any atom is 0.315 e. The first kappa shape index (κ1) is 15.8. The van der Waals surface area contributed by atoms with E-state index in [1.165, 1.54) is 12.8 Å². The summed E-state index contributed by atoms with van der Waals surface area (Å²) in [4.78, 5) is 12.0. The monoisotopic (exact) mass is 290 g/mol. The third-order valence-corrected chi connectivity index (χ3v) is 4.32. The summed E-state index contributed by atoms with van der Waals surface area (Å²) < 4.78 is 0. The first-order valence-electron chi connectivity index (χ1n) is 7.86. The molecule has 0 aromatic heterocycles. The Morgan fingerprint density at radius 1 is 1.33 bits per heavy atom. The fraction of sp³-hybridized carbons (Fsp3) is 0.588. The molecule has 0 bridgehead atoms. The number of carbonyl (C=O) groups is 1. The van der Waals surface area contributed by atoms with Crippen LogP contribution in [-0.2, 0) is 0 Å². The maximum atomic E-state index is 12.0. The Hall–Kier alpha value is -1.55. The van der Waals surface area contributed by atoms with E-state index in [2.05, 4.69) is 17.6 Å². The highest BCUT2D eigenvalue weighted by atomic mass is 16.3. The topological polar surface area (TPSA) is 61.4 Å². The van der Waals surface area contributed by atoms with Gasteiger partial charge in [-0.05, 0) is 37.7 Å². The molecule has 0 heterocycles. The van der Waals surface area contributed by atoms with Gasteiger partial charge in [0.25, 0.3) is 0 Å². The van der Waals surface area contributed by atoms with Gasteiger partial charge >= 0.3 is 6.03 Å². The highest BCUT2D eigenvalue weighted by molar-refractivity contribution is 5.74. The number of urea groups is 1. The quantitative estimate of drug-likeness (QED) is 0.780. The highest BCUT2D eigenvalue weighted by Gasteiger charge is 2.25. The molecule has 1 aromatic carbocycles. The van der Waals surface area contributed by atoms with Gasteiger partial charge in [-0.15, -0.1) is 0 Å². The van der Waals surface area contributed by atoms with Crippen LogP contribution in [0.1, 0.15) is 51.2 Å². The Bertz CT molecular complexity index is 449. The zero-order valence-electron chi connectivity index (χ0n) is 12.9. The van der Waals surface area contributed by atoms with Gasteiger partial charge in [0.2, 0.25) is 0 Å². The molecule has 116 valence electrons. The molecule has 2 rings (SSSR count). The molecule has 2 amide bonds. The van der Waals surface area contributed by atoms with Crippen LogP contribution in [0.15, 0.2) is 30.3 Å². The number of hydrogen-bond donors (Lipinski definition) is 3. The second-order valence-corrected chi connectivity index (χ2v) is 6.20. The lowest BCUT2D eigenvalue weighted by molar-refractivity contribution is 0.154. The van der Waals surface area contributed by atoms with Crippen molar-refractivity contribution in [3.05, 3.63) is 35.9 Å². The lowest BCUT2D eigenvalue weighted by Crippen LogP contribution is -2.46. The molecule has 4 unspecified atom stereocenters. The van der Waals surface area contributed by atoms with Crippen LogP contribution < -0.4 is 10.6 Å². The molecule has 1 fully saturated rings. The zero-order chi connectivity index (χ0) is 15.2. The zero-order valence-corrected chi connectivity index (χ0v) is 12.9. The Morgan fingerprint density at radius 3 is 2.67 bits per heavy atom. The van der Waals surface area contributed by atoms with Gasteiger partial charge in [0.15, 0.2) is 0 Å². The number of nitrogens with one attached hydrogen (secondary N) is 2. The van der Waals surface area contributed by atoms with Crippen molar-refractivity contribution in [1.29, 1.82) is 0 Å². The van der Waals surface area contributed by atoms with Gasteiger partial charge in [0.05, 0.1) is 6.10 Å². The molecular formula is C17H26N2O2. The van der Waals surface area contributed by atoms with Crippen LogP contribution in [0.4, 0.5) is 4.79 Å². The van der Waals surface area contributed by atoms with E-state index < -0.39 is 6.10 Å². The van der Waals surface area contributed by atoms with Gasteiger partial charge in [-0.1, -0.05) is 43.7 Å². The van der Waals surface area contributed by atoms with Crippen molar-refractivity contribution in [2.45, 2.75) is 57.7 Å². The summed E-state index contributed by atoms with van der Waals surface area (Å²) in [5.41, 5.74) is 0.885. The van der Waals surface area contributed by atoms with Gasteiger partial charge in [-0.3, -0.25) is 0 Å². The minimum absolute atomic E-state index is 0.0723. The fourth-order valence-corrected chi connectivity index (χ4v) is 3.00. The molecule has 1 aromatic rings. The van der Waals surface area contributed by atoms with Crippen molar-refractivity contribution in [1.82, 2.24) is 10.6 Å². The van der Waals surface area contributed by atoms with Crippen LogP contribution >= 0.6 is 0 Å². The predicted octanol–water partition coefficient (Wildman–Crippen LogP) is 2.99. The van der Waals surface area contributed by atoms with E-state index in [1.807, 2.05) is 37.3 Å². The first-order chi connectivity index (χ1) is 10.1. The largest absolute Gasteiger partial charge is 0.388 e. The molecule has 3 N–H and O–H groups in total. The number of rotatable bonds is 5. The van der Waals surface area contributed by atoms with E-state index in [0.29, 0.717) is 12.3 Å². The Kier molecular flexibility index (Phi) is 5.62. The number of carbonyl (C=O) groups excluding carboxylic acids is 1. The van der Waals surface area contributed by atoms with Gasteiger partial charge in [-0.25, -0.2) is 4.79 Å². The average Bonchev–Trinajstić information content (AvgIpc) is 2.84. The molecule has 0 spiro atoms. The number of benzene rings is 1. The number of aliphatic hydroxyl groups excluding tert-OH is 1. The number of amides is 2. The summed E-state index contributed by atoms with van der Waals surface area (Å²) in [5, 5.41) is 16.1. The second kappa shape index (κ2) is 7.46. The predicted molar refractivity (Wildman–Crippen MR) is 84.0 cm³/mol. The Morgan fingerprint density at radius 2 is 2.05 bits per heavy atom.